The van der Waals surface area contributed by atoms with Crippen molar-refractivity contribution in [2.45, 2.75) is 6.92 Å². The zero-order chi connectivity index (χ0) is 16.3. The number of nitro groups is 2. The average molecular weight is 302 g/mol. The number of phenolic OH excluding ortho intramolecular Hbond substituents is 1. The van der Waals surface area contributed by atoms with Gasteiger partial charge in [0.05, 0.1) is 15.9 Å². The van der Waals surface area contributed by atoms with Crippen LogP contribution in [0, 0.1) is 27.2 Å². The van der Waals surface area contributed by atoms with Gasteiger partial charge in [0, 0.05) is 23.5 Å². The van der Waals surface area contributed by atoms with Crippen molar-refractivity contribution in [2.75, 3.05) is 0 Å². The molecule has 0 saturated heterocycles. The van der Waals surface area contributed by atoms with Crippen LogP contribution in [0.15, 0.2) is 35.3 Å². The van der Waals surface area contributed by atoms with E-state index in [1.807, 2.05) is 0 Å². The third kappa shape index (κ3) is 3.20. The molecule has 2 rings (SSSR count). The summed E-state index contributed by atoms with van der Waals surface area (Å²) in [4.78, 5) is 28.0. The maximum absolute atomic E-state index is 10.8. The molecule has 0 aliphatic carbocycles. The van der Waals surface area contributed by atoms with E-state index in [4.69, 9.17) is 0 Å². The number of nitro benzene ring substituents is 2. The topological polar surface area (TPSA) is 132 Å². The Labute approximate surface area is 123 Å². The Bertz CT molecular complexity index is 788. The Hall–Kier alpha value is -3.36. The van der Waals surface area contributed by atoms with Gasteiger partial charge in [0.15, 0.2) is 5.82 Å². The Morgan fingerprint density at radius 1 is 1.23 bits per heavy atom. The van der Waals surface area contributed by atoms with Gasteiger partial charge in [-0.25, -0.2) is 9.98 Å². The summed E-state index contributed by atoms with van der Waals surface area (Å²) in [5.41, 5.74) is -0.691. The summed E-state index contributed by atoms with van der Waals surface area (Å²) in [5.74, 6) is -0.374. The van der Waals surface area contributed by atoms with Crippen LogP contribution in [0.5, 0.6) is 5.75 Å². The highest BCUT2D eigenvalue weighted by molar-refractivity contribution is 5.88. The largest absolute Gasteiger partial charge is 0.502 e. The van der Waals surface area contributed by atoms with Crippen molar-refractivity contribution in [3.05, 3.63) is 61.8 Å². The summed E-state index contributed by atoms with van der Waals surface area (Å²) in [6, 6.07) is 6.75. The van der Waals surface area contributed by atoms with Crippen molar-refractivity contribution in [3.63, 3.8) is 0 Å². The predicted molar refractivity (Wildman–Crippen MR) is 77.6 cm³/mol. The van der Waals surface area contributed by atoms with Gasteiger partial charge in [-0.15, -0.1) is 0 Å². The van der Waals surface area contributed by atoms with E-state index in [2.05, 4.69) is 9.98 Å². The minimum Gasteiger partial charge on any atom is -0.502 e. The van der Waals surface area contributed by atoms with E-state index in [1.165, 1.54) is 0 Å². The molecule has 0 spiro atoms. The lowest BCUT2D eigenvalue weighted by molar-refractivity contribution is -0.394. The molecule has 2 aromatic rings. The van der Waals surface area contributed by atoms with Crippen LogP contribution in [-0.4, -0.2) is 26.2 Å². The maximum Gasteiger partial charge on any atom is 0.318 e. The number of hydrogen-bond acceptors (Lipinski definition) is 7. The van der Waals surface area contributed by atoms with Crippen molar-refractivity contribution in [2.24, 2.45) is 4.99 Å². The Morgan fingerprint density at radius 2 is 1.95 bits per heavy atom. The van der Waals surface area contributed by atoms with Crippen molar-refractivity contribution >= 4 is 23.4 Å². The van der Waals surface area contributed by atoms with Gasteiger partial charge in [-0.05, 0) is 19.1 Å². The van der Waals surface area contributed by atoms with Gasteiger partial charge in [-0.2, -0.15) is 0 Å². The van der Waals surface area contributed by atoms with E-state index in [0.29, 0.717) is 17.6 Å². The highest BCUT2D eigenvalue weighted by Gasteiger charge is 2.22. The van der Waals surface area contributed by atoms with Crippen LogP contribution >= 0.6 is 0 Å². The Balaban J connectivity index is 2.50. The normalized spacial score (nSPS) is 10.8. The van der Waals surface area contributed by atoms with E-state index in [1.54, 1.807) is 25.1 Å². The molecule has 1 N–H and O–H groups in total. The number of aliphatic imine (C=N–C) groups is 1. The van der Waals surface area contributed by atoms with E-state index in [0.717, 1.165) is 12.3 Å². The van der Waals surface area contributed by atoms with Crippen LogP contribution in [0.3, 0.4) is 0 Å². The zero-order valence-corrected chi connectivity index (χ0v) is 11.3. The molecule has 0 aliphatic rings. The fraction of sp³-hybridized carbons (Fsp3) is 0.0769. The fourth-order valence-electron chi connectivity index (χ4n) is 1.70. The quantitative estimate of drug-likeness (QED) is 0.524. The van der Waals surface area contributed by atoms with Gasteiger partial charge in [-0.3, -0.25) is 20.2 Å². The molecule has 0 saturated carbocycles. The molecule has 0 bridgehead atoms. The lowest BCUT2D eigenvalue weighted by Crippen LogP contribution is -1.96. The summed E-state index contributed by atoms with van der Waals surface area (Å²) in [6.07, 6.45) is 1.09. The van der Waals surface area contributed by atoms with E-state index >= 15 is 0 Å². The van der Waals surface area contributed by atoms with Crippen LogP contribution in [0.2, 0.25) is 0 Å². The monoisotopic (exact) mass is 302 g/mol. The molecular formula is C13H10N4O5. The number of hydrogen-bond donors (Lipinski definition) is 1. The van der Waals surface area contributed by atoms with Gasteiger partial charge in [0.1, 0.15) is 0 Å². The number of non-ortho nitro benzene ring substituents is 1. The second-order valence-corrected chi connectivity index (χ2v) is 4.31. The van der Waals surface area contributed by atoms with Gasteiger partial charge in [0.2, 0.25) is 5.75 Å². The lowest BCUT2D eigenvalue weighted by Gasteiger charge is -2.01. The van der Waals surface area contributed by atoms with Crippen molar-refractivity contribution in [1.29, 1.82) is 0 Å². The number of rotatable bonds is 4. The van der Waals surface area contributed by atoms with Crippen LogP contribution in [0.25, 0.3) is 0 Å². The van der Waals surface area contributed by atoms with E-state index < -0.39 is 27.0 Å². The van der Waals surface area contributed by atoms with Gasteiger partial charge in [0.25, 0.3) is 5.69 Å². The number of nitrogens with zero attached hydrogens (tertiary/aromatic N) is 4. The van der Waals surface area contributed by atoms with Gasteiger partial charge < -0.3 is 5.11 Å². The molecule has 0 fully saturated rings. The minimum atomic E-state index is -0.898. The van der Waals surface area contributed by atoms with Crippen LogP contribution in [0.4, 0.5) is 17.2 Å². The van der Waals surface area contributed by atoms with E-state index in [-0.39, 0.29) is 5.56 Å². The number of pyridine rings is 1. The molecule has 0 unspecified atom stereocenters. The third-order valence-corrected chi connectivity index (χ3v) is 2.72. The second-order valence-electron chi connectivity index (χ2n) is 4.31. The highest BCUT2D eigenvalue weighted by atomic mass is 16.6. The molecule has 112 valence electrons. The molecule has 22 heavy (non-hydrogen) atoms. The number of benzene rings is 1. The molecule has 0 amide bonds. The summed E-state index contributed by atoms with van der Waals surface area (Å²) >= 11 is 0. The summed E-state index contributed by atoms with van der Waals surface area (Å²) in [5, 5.41) is 31.5. The standard InChI is InChI=1S/C13H10N4O5/c1-8-3-2-4-12(15-8)14-7-9-5-10(16(19)20)6-11(13(9)18)17(21)22/h2-7,18H,1H3/b14-7+. The predicted octanol–water partition coefficient (Wildman–Crippen LogP) is 2.66. The summed E-state index contributed by atoms with van der Waals surface area (Å²) in [7, 11) is 0. The molecule has 1 aromatic carbocycles. The summed E-state index contributed by atoms with van der Waals surface area (Å²) < 4.78 is 0. The fourth-order valence-corrected chi connectivity index (χ4v) is 1.70. The minimum absolute atomic E-state index is 0.135. The second kappa shape index (κ2) is 5.95. The first-order valence-electron chi connectivity index (χ1n) is 6.02. The third-order valence-electron chi connectivity index (χ3n) is 2.72. The Kier molecular flexibility index (Phi) is 4.07. The summed E-state index contributed by atoms with van der Waals surface area (Å²) in [6.45, 7) is 1.76. The zero-order valence-electron chi connectivity index (χ0n) is 11.3. The van der Waals surface area contributed by atoms with E-state index in [9.17, 15) is 25.3 Å². The molecule has 0 aliphatic heterocycles. The van der Waals surface area contributed by atoms with Gasteiger partial charge >= 0.3 is 5.69 Å². The van der Waals surface area contributed by atoms with Crippen LogP contribution in [-0.2, 0) is 0 Å². The smallest absolute Gasteiger partial charge is 0.318 e. The molecule has 0 atom stereocenters. The van der Waals surface area contributed by atoms with Crippen LogP contribution < -0.4 is 0 Å². The first-order chi connectivity index (χ1) is 10.4. The van der Waals surface area contributed by atoms with Crippen molar-refractivity contribution in [1.82, 2.24) is 4.98 Å². The first-order valence-corrected chi connectivity index (χ1v) is 6.02. The number of aromatic hydroxyl groups is 1. The highest BCUT2D eigenvalue weighted by Crippen LogP contribution is 2.33. The Morgan fingerprint density at radius 3 is 2.55 bits per heavy atom. The van der Waals surface area contributed by atoms with Crippen molar-refractivity contribution in [3.8, 4) is 5.75 Å². The number of phenols is 1. The molecule has 1 aromatic heterocycles. The maximum atomic E-state index is 10.8. The molecule has 9 nitrogen and oxygen atoms in total. The lowest BCUT2D eigenvalue weighted by atomic mass is 10.1. The average Bonchev–Trinajstić information content (AvgIpc) is 2.45. The van der Waals surface area contributed by atoms with Crippen molar-refractivity contribution < 1.29 is 15.0 Å². The number of aryl methyl sites for hydroxylation is 1. The SMILES string of the molecule is Cc1cccc(/N=C/c2cc([N+](=O)[O-])cc([N+](=O)[O-])c2O)n1. The molecular weight excluding hydrogens is 292 g/mol. The molecule has 0 radical (unpaired) electrons. The van der Waals surface area contributed by atoms with Gasteiger partial charge in [-0.1, -0.05) is 6.07 Å². The molecule has 1 heterocycles. The molecule has 9 heteroatoms. The first kappa shape index (κ1) is 15.0. The number of aromatic nitrogens is 1. The van der Waals surface area contributed by atoms with Crippen LogP contribution in [0.1, 0.15) is 11.3 Å².